The number of halogens is 2. The van der Waals surface area contributed by atoms with Crippen molar-refractivity contribution in [1.29, 1.82) is 0 Å². The Hall–Kier alpha value is -0.550. The van der Waals surface area contributed by atoms with E-state index in [2.05, 4.69) is 4.98 Å². The van der Waals surface area contributed by atoms with E-state index in [4.69, 9.17) is 0 Å². The minimum atomic E-state index is -2.22. The molecule has 1 aliphatic rings. The molecule has 0 unspecified atom stereocenters. The van der Waals surface area contributed by atoms with E-state index in [9.17, 15) is 8.78 Å². The van der Waals surface area contributed by atoms with Gasteiger partial charge in [-0.2, -0.15) is 0 Å². The smallest absolute Gasteiger partial charge is 0.253 e. The van der Waals surface area contributed by atoms with Gasteiger partial charge in [-0.1, -0.05) is 0 Å². The summed E-state index contributed by atoms with van der Waals surface area (Å²) in [5, 5.41) is 0. The van der Waals surface area contributed by atoms with Crippen molar-refractivity contribution in [3.05, 3.63) is 16.6 Å². The lowest BCUT2D eigenvalue weighted by Crippen LogP contribution is -2.34. The molecule has 2 heterocycles. The number of hydrogen-bond donors (Lipinski definition) is 0. The molecule has 0 amide bonds. The molecule has 0 bridgehead atoms. The molecule has 5 heteroatoms. The maximum Gasteiger partial charge on any atom is 0.253 e. The average molecular weight is 218 g/mol. The molecule has 0 aliphatic carbocycles. The minimum Gasteiger partial charge on any atom is -0.290 e. The predicted octanol–water partition coefficient (Wildman–Crippen LogP) is 2.37. The molecule has 14 heavy (non-hydrogen) atoms. The second kappa shape index (κ2) is 4.31. The SMILES string of the molecule is FC(F)[C@H]1CCCN1Cc1cncs1. The zero-order valence-corrected chi connectivity index (χ0v) is 8.51. The third kappa shape index (κ3) is 2.09. The molecule has 78 valence electrons. The third-order valence-corrected chi connectivity index (χ3v) is 3.31. The summed E-state index contributed by atoms with van der Waals surface area (Å²) < 4.78 is 25.1. The molecular formula is C9H12F2N2S. The summed E-state index contributed by atoms with van der Waals surface area (Å²) in [6.07, 6.45) is 1.04. The van der Waals surface area contributed by atoms with E-state index in [0.29, 0.717) is 13.0 Å². The lowest BCUT2D eigenvalue weighted by atomic mass is 10.2. The first kappa shape index (κ1) is 9.98. The molecule has 0 N–H and O–H groups in total. The van der Waals surface area contributed by atoms with E-state index in [0.717, 1.165) is 17.8 Å². The van der Waals surface area contributed by atoms with Crippen LogP contribution in [-0.4, -0.2) is 28.9 Å². The first-order valence-corrected chi connectivity index (χ1v) is 5.55. The Labute approximate surface area is 85.6 Å². The summed E-state index contributed by atoms with van der Waals surface area (Å²) in [5.74, 6) is 0. The predicted molar refractivity (Wildman–Crippen MR) is 51.6 cm³/mol. The molecule has 0 radical (unpaired) electrons. The van der Waals surface area contributed by atoms with E-state index in [-0.39, 0.29) is 0 Å². The van der Waals surface area contributed by atoms with Crippen molar-refractivity contribution >= 4 is 11.3 Å². The van der Waals surface area contributed by atoms with Gasteiger partial charge in [0, 0.05) is 17.6 Å². The van der Waals surface area contributed by atoms with Crippen molar-refractivity contribution < 1.29 is 8.78 Å². The Bertz CT molecular complexity index is 276. The Kier molecular flexibility index (Phi) is 3.08. The lowest BCUT2D eigenvalue weighted by molar-refractivity contribution is 0.0444. The first-order chi connectivity index (χ1) is 6.77. The van der Waals surface area contributed by atoms with Gasteiger partial charge in [-0.15, -0.1) is 11.3 Å². The zero-order chi connectivity index (χ0) is 9.97. The Morgan fingerprint density at radius 3 is 3.14 bits per heavy atom. The quantitative estimate of drug-likeness (QED) is 0.774. The summed E-state index contributed by atoms with van der Waals surface area (Å²) in [4.78, 5) is 6.86. The topological polar surface area (TPSA) is 16.1 Å². The standard InChI is InChI=1S/C9H12F2N2S/c10-9(11)8-2-1-3-13(8)5-7-4-12-6-14-7/h4,6,8-9H,1-3,5H2/t8-/m1/s1. The number of aromatic nitrogens is 1. The Balaban J connectivity index is 1.97. The van der Waals surface area contributed by atoms with Gasteiger partial charge >= 0.3 is 0 Å². The average Bonchev–Trinajstić information content (AvgIpc) is 2.75. The monoisotopic (exact) mass is 218 g/mol. The molecule has 0 aromatic carbocycles. The number of hydrogen-bond acceptors (Lipinski definition) is 3. The molecule has 0 saturated carbocycles. The summed E-state index contributed by atoms with van der Waals surface area (Å²) in [7, 11) is 0. The van der Waals surface area contributed by atoms with E-state index in [1.54, 1.807) is 11.7 Å². The summed E-state index contributed by atoms with van der Waals surface area (Å²) in [6, 6.07) is -0.544. The highest BCUT2D eigenvalue weighted by molar-refractivity contribution is 7.09. The second-order valence-corrected chi connectivity index (χ2v) is 4.45. The van der Waals surface area contributed by atoms with Crippen molar-refractivity contribution in [2.45, 2.75) is 31.9 Å². The van der Waals surface area contributed by atoms with Crippen LogP contribution in [0.1, 0.15) is 17.7 Å². The van der Waals surface area contributed by atoms with Gasteiger partial charge in [0.1, 0.15) is 0 Å². The fourth-order valence-corrected chi connectivity index (χ4v) is 2.47. The molecule has 1 atom stereocenters. The van der Waals surface area contributed by atoms with Gasteiger partial charge < -0.3 is 0 Å². The highest BCUT2D eigenvalue weighted by Gasteiger charge is 2.31. The van der Waals surface area contributed by atoms with Crippen LogP contribution in [0.2, 0.25) is 0 Å². The lowest BCUT2D eigenvalue weighted by Gasteiger charge is -2.22. The van der Waals surface area contributed by atoms with Crippen molar-refractivity contribution in [3.63, 3.8) is 0 Å². The van der Waals surface area contributed by atoms with Gasteiger partial charge in [-0.05, 0) is 19.4 Å². The van der Waals surface area contributed by atoms with Gasteiger partial charge in [0.25, 0.3) is 6.43 Å². The second-order valence-electron chi connectivity index (χ2n) is 3.48. The van der Waals surface area contributed by atoms with Gasteiger partial charge in [0.15, 0.2) is 0 Å². The van der Waals surface area contributed by atoms with Gasteiger partial charge in [0.05, 0.1) is 11.6 Å². The van der Waals surface area contributed by atoms with E-state index < -0.39 is 12.5 Å². The number of alkyl halides is 2. The van der Waals surface area contributed by atoms with Crippen LogP contribution < -0.4 is 0 Å². The van der Waals surface area contributed by atoms with E-state index in [1.807, 2.05) is 4.90 Å². The number of likely N-dealkylation sites (tertiary alicyclic amines) is 1. The number of thiazole rings is 1. The van der Waals surface area contributed by atoms with Crippen LogP contribution in [0, 0.1) is 0 Å². The molecule has 2 nitrogen and oxygen atoms in total. The van der Waals surface area contributed by atoms with Crippen LogP contribution in [0.5, 0.6) is 0 Å². The van der Waals surface area contributed by atoms with Gasteiger partial charge in [-0.3, -0.25) is 9.88 Å². The van der Waals surface area contributed by atoms with Gasteiger partial charge in [-0.25, -0.2) is 8.78 Å². The van der Waals surface area contributed by atoms with Crippen LogP contribution in [0.25, 0.3) is 0 Å². The number of rotatable bonds is 3. The van der Waals surface area contributed by atoms with Crippen LogP contribution >= 0.6 is 11.3 Å². The maximum absolute atomic E-state index is 12.6. The van der Waals surface area contributed by atoms with Gasteiger partial charge in [0.2, 0.25) is 0 Å². The molecule has 2 rings (SSSR count). The Morgan fingerprint density at radius 1 is 1.64 bits per heavy atom. The molecule has 1 aromatic heterocycles. The molecule has 0 spiro atoms. The van der Waals surface area contributed by atoms with Crippen LogP contribution in [-0.2, 0) is 6.54 Å². The first-order valence-electron chi connectivity index (χ1n) is 4.67. The highest BCUT2D eigenvalue weighted by atomic mass is 32.1. The molecule has 1 aliphatic heterocycles. The van der Waals surface area contributed by atoms with Crippen molar-refractivity contribution in [3.8, 4) is 0 Å². The summed E-state index contributed by atoms with van der Waals surface area (Å²) in [5.41, 5.74) is 1.74. The minimum absolute atomic E-state index is 0.544. The molecular weight excluding hydrogens is 206 g/mol. The summed E-state index contributed by atoms with van der Waals surface area (Å²) in [6.45, 7) is 1.41. The molecule has 1 fully saturated rings. The Morgan fingerprint density at radius 2 is 2.50 bits per heavy atom. The normalized spacial score (nSPS) is 23.5. The zero-order valence-electron chi connectivity index (χ0n) is 7.70. The largest absolute Gasteiger partial charge is 0.290 e. The molecule has 1 aromatic rings. The number of nitrogens with zero attached hydrogens (tertiary/aromatic N) is 2. The molecule has 1 saturated heterocycles. The van der Waals surface area contributed by atoms with Crippen LogP contribution in [0.15, 0.2) is 11.7 Å². The van der Waals surface area contributed by atoms with Crippen LogP contribution in [0.3, 0.4) is 0 Å². The summed E-state index contributed by atoms with van der Waals surface area (Å²) >= 11 is 1.53. The van der Waals surface area contributed by atoms with Crippen molar-refractivity contribution in [2.24, 2.45) is 0 Å². The fraction of sp³-hybridized carbons (Fsp3) is 0.667. The van der Waals surface area contributed by atoms with Crippen LogP contribution in [0.4, 0.5) is 8.78 Å². The highest BCUT2D eigenvalue weighted by Crippen LogP contribution is 2.25. The maximum atomic E-state index is 12.6. The van der Waals surface area contributed by atoms with Crippen molar-refractivity contribution in [2.75, 3.05) is 6.54 Å². The fourth-order valence-electron chi connectivity index (χ4n) is 1.85. The van der Waals surface area contributed by atoms with E-state index >= 15 is 0 Å². The third-order valence-electron chi connectivity index (χ3n) is 2.55. The van der Waals surface area contributed by atoms with Crippen molar-refractivity contribution in [1.82, 2.24) is 9.88 Å². The van der Waals surface area contributed by atoms with E-state index in [1.165, 1.54) is 11.3 Å².